The molecule has 0 saturated carbocycles. The molecule has 11 heteroatoms. The van der Waals surface area contributed by atoms with Gasteiger partial charge in [0.15, 0.2) is 11.5 Å². The number of nitrogens with zero attached hydrogens (tertiary/aromatic N) is 2. The highest BCUT2D eigenvalue weighted by molar-refractivity contribution is 7.98. The molecule has 0 spiro atoms. The van der Waals surface area contributed by atoms with Gasteiger partial charge in [0.05, 0.1) is 30.0 Å². The minimum Gasteiger partial charge on any atom is -0.504 e. The number of anilines is 1. The highest BCUT2D eigenvalue weighted by atomic mass is 32.2. The van der Waals surface area contributed by atoms with Crippen LogP contribution in [-0.4, -0.2) is 51.7 Å². The number of carbonyl (C=O) groups excluding carboxylic acids is 1. The van der Waals surface area contributed by atoms with Crippen molar-refractivity contribution in [3.05, 3.63) is 72.3 Å². The highest BCUT2D eigenvalue weighted by Gasteiger charge is 2.27. The quantitative estimate of drug-likeness (QED) is 0.199. The first-order valence-corrected chi connectivity index (χ1v) is 14.1. The number of sulfonamides is 1. The van der Waals surface area contributed by atoms with Crippen LogP contribution >= 0.6 is 11.8 Å². The van der Waals surface area contributed by atoms with Gasteiger partial charge in [-0.3, -0.25) is 9.10 Å². The number of hydrogen-bond acceptors (Lipinski definition) is 8. The van der Waals surface area contributed by atoms with E-state index < -0.39 is 22.5 Å². The lowest BCUT2D eigenvalue weighted by Crippen LogP contribution is -2.39. The molecule has 9 nitrogen and oxygen atoms in total. The van der Waals surface area contributed by atoms with Gasteiger partial charge >= 0.3 is 0 Å². The van der Waals surface area contributed by atoms with Crippen molar-refractivity contribution in [2.24, 2.45) is 5.10 Å². The molecule has 0 bridgehead atoms. The van der Waals surface area contributed by atoms with Crippen LogP contribution in [0.25, 0.3) is 0 Å². The SMILES string of the molecule is CCOc1ccc(N(CC(=O)N/N=C\c2ccc(O)c(OCC)c2)S(=O)(=O)c2ccc(SC)cc2)cc1. The molecule has 0 radical (unpaired) electrons. The zero-order chi connectivity index (χ0) is 26.8. The molecule has 3 aromatic rings. The standard InChI is InChI=1S/C26H29N3O6S2/c1-4-34-21-9-7-20(8-10-21)29(37(32,33)23-13-11-22(36-3)12-14-23)18-26(31)28-27-17-19-6-15-24(30)25(16-19)35-5-2/h6-17,30H,4-5,18H2,1-3H3,(H,28,31)/b27-17-. The second kappa shape index (κ2) is 13.0. The lowest BCUT2D eigenvalue weighted by atomic mass is 10.2. The van der Waals surface area contributed by atoms with Crippen LogP contribution < -0.4 is 19.2 Å². The maximum atomic E-state index is 13.5. The van der Waals surface area contributed by atoms with Crippen LogP contribution in [0.5, 0.6) is 17.2 Å². The molecule has 37 heavy (non-hydrogen) atoms. The molecular weight excluding hydrogens is 514 g/mol. The third-order valence-electron chi connectivity index (χ3n) is 5.06. The van der Waals surface area contributed by atoms with Gasteiger partial charge < -0.3 is 14.6 Å². The summed E-state index contributed by atoms with van der Waals surface area (Å²) in [4.78, 5) is 13.7. The molecule has 0 aliphatic rings. The fourth-order valence-electron chi connectivity index (χ4n) is 3.29. The topological polar surface area (TPSA) is 118 Å². The molecule has 0 aromatic heterocycles. The summed E-state index contributed by atoms with van der Waals surface area (Å²) in [6, 6.07) is 17.5. The first-order chi connectivity index (χ1) is 17.8. The van der Waals surface area contributed by atoms with E-state index in [0.717, 1.165) is 9.20 Å². The average Bonchev–Trinajstić information content (AvgIpc) is 2.90. The Morgan fingerprint density at radius 2 is 1.70 bits per heavy atom. The Morgan fingerprint density at radius 3 is 2.32 bits per heavy atom. The number of benzene rings is 3. The van der Waals surface area contributed by atoms with E-state index in [1.54, 1.807) is 55.5 Å². The summed E-state index contributed by atoms with van der Waals surface area (Å²) in [5.41, 5.74) is 3.24. The van der Waals surface area contributed by atoms with Crippen molar-refractivity contribution in [3.63, 3.8) is 0 Å². The van der Waals surface area contributed by atoms with Gasteiger partial charge in [-0.15, -0.1) is 11.8 Å². The van der Waals surface area contributed by atoms with Gasteiger partial charge in [-0.2, -0.15) is 5.10 Å². The molecule has 3 rings (SSSR count). The van der Waals surface area contributed by atoms with Crippen LogP contribution in [0.1, 0.15) is 19.4 Å². The van der Waals surface area contributed by atoms with Crippen molar-refractivity contribution in [2.75, 3.05) is 30.3 Å². The second-order valence-electron chi connectivity index (χ2n) is 7.57. The first-order valence-electron chi connectivity index (χ1n) is 11.5. The van der Waals surface area contributed by atoms with Crippen molar-refractivity contribution >= 4 is 39.6 Å². The Labute approximate surface area is 221 Å². The van der Waals surface area contributed by atoms with E-state index in [2.05, 4.69) is 10.5 Å². The Balaban J connectivity index is 1.83. The third kappa shape index (κ3) is 7.40. The van der Waals surface area contributed by atoms with Crippen LogP contribution in [0.4, 0.5) is 5.69 Å². The smallest absolute Gasteiger partial charge is 0.264 e. The molecule has 0 saturated heterocycles. The lowest BCUT2D eigenvalue weighted by molar-refractivity contribution is -0.119. The number of ether oxygens (including phenoxy) is 2. The Bertz CT molecular complexity index is 1330. The monoisotopic (exact) mass is 543 g/mol. The molecule has 2 N–H and O–H groups in total. The maximum Gasteiger partial charge on any atom is 0.264 e. The molecule has 0 aliphatic carbocycles. The lowest BCUT2D eigenvalue weighted by Gasteiger charge is -2.24. The number of phenols is 1. The number of carbonyl (C=O) groups is 1. The molecule has 1 amide bonds. The number of rotatable bonds is 12. The second-order valence-corrected chi connectivity index (χ2v) is 10.3. The number of phenolic OH excluding ortho intramolecular Hbond substituents is 1. The zero-order valence-corrected chi connectivity index (χ0v) is 22.4. The van der Waals surface area contributed by atoms with E-state index in [0.29, 0.717) is 30.2 Å². The van der Waals surface area contributed by atoms with E-state index in [1.165, 1.54) is 36.2 Å². The summed E-state index contributed by atoms with van der Waals surface area (Å²) in [5.74, 6) is 0.225. The van der Waals surface area contributed by atoms with E-state index in [9.17, 15) is 18.3 Å². The van der Waals surface area contributed by atoms with Crippen molar-refractivity contribution in [2.45, 2.75) is 23.6 Å². The molecule has 0 heterocycles. The number of thioether (sulfide) groups is 1. The van der Waals surface area contributed by atoms with Gasteiger partial charge in [-0.1, -0.05) is 0 Å². The molecule has 0 fully saturated rings. The Kier molecular flexibility index (Phi) is 9.81. The predicted octanol–water partition coefficient (Wildman–Crippen LogP) is 4.26. The predicted molar refractivity (Wildman–Crippen MR) is 145 cm³/mol. The number of hydrazone groups is 1. The molecule has 0 unspecified atom stereocenters. The average molecular weight is 544 g/mol. The van der Waals surface area contributed by atoms with Gasteiger partial charge in [0.1, 0.15) is 12.3 Å². The van der Waals surface area contributed by atoms with Crippen LogP contribution in [0.2, 0.25) is 0 Å². The minimum atomic E-state index is -4.07. The van der Waals surface area contributed by atoms with E-state index >= 15 is 0 Å². The number of amides is 1. The van der Waals surface area contributed by atoms with Crippen LogP contribution in [0, 0.1) is 0 Å². The van der Waals surface area contributed by atoms with Crippen molar-refractivity contribution in [1.82, 2.24) is 5.43 Å². The summed E-state index contributed by atoms with van der Waals surface area (Å²) in [5, 5.41) is 13.8. The first kappa shape index (κ1) is 27.9. The summed E-state index contributed by atoms with van der Waals surface area (Å²) >= 11 is 1.50. The minimum absolute atomic E-state index is 0.00944. The van der Waals surface area contributed by atoms with Crippen LogP contribution in [-0.2, 0) is 14.8 Å². The van der Waals surface area contributed by atoms with E-state index in [4.69, 9.17) is 9.47 Å². The zero-order valence-electron chi connectivity index (χ0n) is 20.7. The van der Waals surface area contributed by atoms with Crippen molar-refractivity contribution in [1.29, 1.82) is 0 Å². The van der Waals surface area contributed by atoms with E-state index in [1.807, 2.05) is 13.2 Å². The molecule has 3 aromatic carbocycles. The Hall–Kier alpha value is -3.70. The summed E-state index contributed by atoms with van der Waals surface area (Å²) in [6.07, 6.45) is 3.27. The van der Waals surface area contributed by atoms with Gasteiger partial charge in [0.25, 0.3) is 15.9 Å². The number of nitrogens with one attached hydrogen (secondary N) is 1. The van der Waals surface area contributed by atoms with Crippen LogP contribution in [0.3, 0.4) is 0 Å². The highest BCUT2D eigenvalue weighted by Crippen LogP contribution is 2.28. The summed E-state index contributed by atoms with van der Waals surface area (Å²) < 4.78 is 38.9. The third-order valence-corrected chi connectivity index (χ3v) is 7.59. The fourth-order valence-corrected chi connectivity index (χ4v) is 5.12. The van der Waals surface area contributed by atoms with Gasteiger partial charge in [0.2, 0.25) is 0 Å². The molecule has 0 aliphatic heterocycles. The molecule has 0 atom stereocenters. The van der Waals surface area contributed by atoms with Crippen LogP contribution in [0.15, 0.2) is 81.6 Å². The molecular formula is C26H29N3O6S2. The Morgan fingerprint density at radius 1 is 1.03 bits per heavy atom. The fraction of sp³-hybridized carbons (Fsp3) is 0.231. The summed E-state index contributed by atoms with van der Waals surface area (Å²) in [7, 11) is -4.07. The number of aromatic hydroxyl groups is 1. The van der Waals surface area contributed by atoms with Crippen molar-refractivity contribution < 1.29 is 27.8 Å². The maximum absolute atomic E-state index is 13.5. The van der Waals surface area contributed by atoms with Gasteiger partial charge in [-0.05, 0) is 92.4 Å². The summed E-state index contributed by atoms with van der Waals surface area (Å²) in [6.45, 7) is 3.99. The largest absolute Gasteiger partial charge is 0.504 e. The van der Waals surface area contributed by atoms with Gasteiger partial charge in [0, 0.05) is 4.90 Å². The molecule has 196 valence electrons. The normalized spacial score (nSPS) is 11.3. The number of hydrogen-bond donors (Lipinski definition) is 2. The van der Waals surface area contributed by atoms with Gasteiger partial charge in [-0.25, -0.2) is 13.8 Å². The van der Waals surface area contributed by atoms with Crippen molar-refractivity contribution in [3.8, 4) is 17.2 Å². The van der Waals surface area contributed by atoms with E-state index in [-0.39, 0.29) is 16.4 Å².